The minimum absolute atomic E-state index is 0.147. The van der Waals surface area contributed by atoms with Gasteiger partial charge in [0.05, 0.1) is 17.6 Å². The second-order valence-electron chi connectivity index (χ2n) is 8.41. The molecule has 0 spiro atoms. The first-order valence-corrected chi connectivity index (χ1v) is 10.1. The molecule has 5 nitrogen and oxygen atoms in total. The zero-order chi connectivity index (χ0) is 20.4. The van der Waals surface area contributed by atoms with Crippen molar-refractivity contribution in [3.63, 3.8) is 0 Å². The summed E-state index contributed by atoms with van der Waals surface area (Å²) in [4.78, 5) is 28.6. The van der Waals surface area contributed by atoms with Crippen molar-refractivity contribution in [3.05, 3.63) is 64.5 Å². The first kappa shape index (κ1) is 18.5. The lowest BCUT2D eigenvalue weighted by Crippen LogP contribution is -2.44. The van der Waals surface area contributed by atoms with E-state index in [0.29, 0.717) is 5.69 Å². The highest BCUT2D eigenvalue weighted by Gasteiger charge is 2.63. The number of benzene rings is 2. The number of hydrogen-bond acceptors (Lipinski definition) is 4. The van der Waals surface area contributed by atoms with Gasteiger partial charge in [0.25, 0.3) is 5.91 Å². The van der Waals surface area contributed by atoms with Gasteiger partial charge in [-0.2, -0.15) is 0 Å². The Labute approximate surface area is 169 Å². The van der Waals surface area contributed by atoms with Crippen molar-refractivity contribution < 1.29 is 14.0 Å². The summed E-state index contributed by atoms with van der Waals surface area (Å²) in [6.07, 6.45) is 0.949. The maximum absolute atomic E-state index is 13.6. The van der Waals surface area contributed by atoms with Crippen LogP contribution in [-0.4, -0.2) is 41.0 Å². The molecule has 2 aromatic rings. The molecule has 2 aromatic carbocycles. The second kappa shape index (κ2) is 6.47. The number of rotatable bonds is 2. The quantitative estimate of drug-likeness (QED) is 0.735. The highest BCUT2D eigenvalue weighted by molar-refractivity contribution is 6.24. The lowest BCUT2D eigenvalue weighted by Gasteiger charge is -2.30. The Morgan fingerprint density at radius 3 is 2.07 bits per heavy atom. The van der Waals surface area contributed by atoms with Gasteiger partial charge in [-0.1, -0.05) is 29.8 Å². The number of nitrogens with zero attached hydrogens (tertiary/aromatic N) is 3. The Hall–Kier alpha value is -2.57. The van der Waals surface area contributed by atoms with Crippen LogP contribution in [0.4, 0.5) is 10.1 Å². The number of anilines is 1. The van der Waals surface area contributed by atoms with Gasteiger partial charge in [0.15, 0.2) is 0 Å². The van der Waals surface area contributed by atoms with Crippen LogP contribution in [0.15, 0.2) is 36.4 Å². The number of carbonyl (C=O) groups is 2. The molecule has 3 saturated heterocycles. The van der Waals surface area contributed by atoms with E-state index in [0.717, 1.165) is 41.8 Å². The van der Waals surface area contributed by atoms with E-state index in [-0.39, 0.29) is 23.7 Å². The summed E-state index contributed by atoms with van der Waals surface area (Å²) < 4.78 is 13.5. The number of aryl methyl sites for hydroxylation is 3. The standard InChI is InChI=1S/C23H24FN3O2/c1-13-11-14(2)19(15(3)12-13)27-22(28)18-20(16-5-7-17(24)8-6-16)25-9-4-10-26(25)21(18)23(27)29/h5-8,11-12,18,20-21H,4,9-10H2,1-3H3/t18-,20+,21+/m1/s1. The molecule has 0 aliphatic carbocycles. The SMILES string of the molecule is Cc1cc(C)c(N2C(=O)[C@H]3[C@@H](C2=O)N2CCCN2[C@H]3c2ccc(F)cc2)c(C)c1. The molecular weight excluding hydrogens is 369 g/mol. The first-order chi connectivity index (χ1) is 13.9. The Morgan fingerprint density at radius 1 is 0.862 bits per heavy atom. The predicted octanol–water partition coefficient (Wildman–Crippen LogP) is 3.29. The number of hydrogen-bond donors (Lipinski definition) is 0. The van der Waals surface area contributed by atoms with E-state index < -0.39 is 12.0 Å². The molecular formula is C23H24FN3O2. The Kier molecular flexibility index (Phi) is 4.12. The Morgan fingerprint density at radius 2 is 1.45 bits per heavy atom. The van der Waals surface area contributed by atoms with Gasteiger partial charge in [-0.3, -0.25) is 9.59 Å². The zero-order valence-corrected chi connectivity index (χ0v) is 16.9. The van der Waals surface area contributed by atoms with Crippen molar-refractivity contribution in [1.29, 1.82) is 0 Å². The summed E-state index contributed by atoms with van der Waals surface area (Å²) in [5.41, 5.74) is 4.56. The molecule has 0 saturated carbocycles. The lowest BCUT2D eigenvalue weighted by atomic mass is 9.90. The van der Waals surface area contributed by atoms with Gasteiger partial charge < -0.3 is 0 Å². The van der Waals surface area contributed by atoms with Crippen LogP contribution in [0.5, 0.6) is 0 Å². The van der Waals surface area contributed by atoms with Crippen molar-refractivity contribution in [3.8, 4) is 0 Å². The minimum atomic E-state index is -0.486. The minimum Gasteiger partial charge on any atom is -0.274 e. The van der Waals surface area contributed by atoms with Crippen molar-refractivity contribution >= 4 is 17.5 Å². The molecule has 29 heavy (non-hydrogen) atoms. The summed E-state index contributed by atoms with van der Waals surface area (Å²) in [5, 5.41) is 4.21. The largest absolute Gasteiger partial charge is 0.274 e. The number of amides is 2. The van der Waals surface area contributed by atoms with Gasteiger partial charge >= 0.3 is 0 Å². The average Bonchev–Trinajstić information content (AvgIpc) is 3.30. The number of carbonyl (C=O) groups excluding carboxylic acids is 2. The number of hydrazine groups is 1. The van der Waals surface area contributed by atoms with Crippen molar-refractivity contribution in [2.75, 3.05) is 18.0 Å². The van der Waals surface area contributed by atoms with Crippen LogP contribution in [0.25, 0.3) is 0 Å². The highest BCUT2D eigenvalue weighted by Crippen LogP contribution is 2.49. The molecule has 3 fully saturated rings. The van der Waals surface area contributed by atoms with E-state index in [2.05, 4.69) is 10.0 Å². The smallest absolute Gasteiger partial charge is 0.253 e. The summed E-state index contributed by atoms with van der Waals surface area (Å²) in [5.74, 6) is -1.08. The molecule has 6 heteroatoms. The number of imide groups is 1. The molecule has 150 valence electrons. The van der Waals surface area contributed by atoms with Crippen molar-refractivity contribution in [1.82, 2.24) is 10.0 Å². The fourth-order valence-electron chi connectivity index (χ4n) is 5.52. The number of fused-ring (bicyclic) bond motifs is 3. The van der Waals surface area contributed by atoms with E-state index in [1.165, 1.54) is 17.0 Å². The van der Waals surface area contributed by atoms with Crippen LogP contribution in [0, 0.1) is 32.5 Å². The molecule has 0 aromatic heterocycles. The molecule has 0 N–H and O–H groups in total. The molecule has 0 radical (unpaired) electrons. The van der Waals surface area contributed by atoms with Gasteiger partial charge in [0.1, 0.15) is 11.9 Å². The lowest BCUT2D eigenvalue weighted by molar-refractivity contribution is -0.126. The molecule has 2 amide bonds. The van der Waals surface area contributed by atoms with E-state index in [1.807, 2.05) is 32.9 Å². The fourth-order valence-corrected chi connectivity index (χ4v) is 5.52. The summed E-state index contributed by atoms with van der Waals surface area (Å²) in [6, 6.07) is 9.62. The van der Waals surface area contributed by atoms with Gasteiger partial charge in [-0.25, -0.2) is 19.3 Å². The zero-order valence-electron chi connectivity index (χ0n) is 16.9. The average molecular weight is 393 g/mol. The summed E-state index contributed by atoms with van der Waals surface area (Å²) in [6.45, 7) is 7.47. The molecule has 0 bridgehead atoms. The maximum Gasteiger partial charge on any atom is 0.253 e. The van der Waals surface area contributed by atoms with Gasteiger partial charge in [-0.15, -0.1) is 0 Å². The Balaban J connectivity index is 1.61. The van der Waals surface area contributed by atoms with Crippen LogP contribution < -0.4 is 4.90 Å². The van der Waals surface area contributed by atoms with Gasteiger partial charge in [-0.05, 0) is 56.0 Å². The van der Waals surface area contributed by atoms with Gasteiger partial charge in [0, 0.05) is 13.1 Å². The molecule has 3 heterocycles. The van der Waals surface area contributed by atoms with E-state index in [9.17, 15) is 14.0 Å². The molecule has 3 atom stereocenters. The van der Waals surface area contributed by atoms with Crippen LogP contribution >= 0.6 is 0 Å². The fraction of sp³-hybridized carbons (Fsp3) is 0.391. The van der Waals surface area contributed by atoms with E-state index in [1.54, 1.807) is 12.1 Å². The third kappa shape index (κ3) is 2.59. The van der Waals surface area contributed by atoms with Crippen molar-refractivity contribution in [2.45, 2.75) is 39.3 Å². The normalized spacial score (nSPS) is 27.0. The third-order valence-electron chi connectivity index (χ3n) is 6.48. The van der Waals surface area contributed by atoms with Crippen LogP contribution in [0.1, 0.15) is 34.7 Å². The van der Waals surface area contributed by atoms with Crippen LogP contribution in [0.3, 0.4) is 0 Å². The first-order valence-electron chi connectivity index (χ1n) is 10.1. The predicted molar refractivity (Wildman–Crippen MR) is 108 cm³/mol. The number of halogens is 1. The Bertz CT molecular complexity index is 996. The van der Waals surface area contributed by atoms with Gasteiger partial charge in [0.2, 0.25) is 5.91 Å². The maximum atomic E-state index is 13.6. The summed E-state index contributed by atoms with van der Waals surface area (Å²) >= 11 is 0. The topological polar surface area (TPSA) is 43.9 Å². The molecule has 3 aliphatic heterocycles. The van der Waals surface area contributed by atoms with E-state index in [4.69, 9.17) is 0 Å². The molecule has 0 unspecified atom stereocenters. The van der Waals surface area contributed by atoms with E-state index >= 15 is 0 Å². The molecule has 3 aliphatic rings. The third-order valence-corrected chi connectivity index (χ3v) is 6.48. The van der Waals surface area contributed by atoms with Crippen LogP contribution in [0.2, 0.25) is 0 Å². The monoisotopic (exact) mass is 393 g/mol. The van der Waals surface area contributed by atoms with Crippen molar-refractivity contribution in [2.24, 2.45) is 5.92 Å². The highest BCUT2D eigenvalue weighted by atomic mass is 19.1. The summed E-state index contributed by atoms with van der Waals surface area (Å²) in [7, 11) is 0. The second-order valence-corrected chi connectivity index (χ2v) is 8.41. The van der Waals surface area contributed by atoms with Crippen LogP contribution in [-0.2, 0) is 9.59 Å². The molecule has 5 rings (SSSR count).